The maximum Gasteiger partial charge on any atom is 0.238 e. The van der Waals surface area contributed by atoms with Crippen molar-refractivity contribution in [2.75, 3.05) is 38.0 Å². The summed E-state index contributed by atoms with van der Waals surface area (Å²) in [6.45, 7) is 6.91. The zero-order valence-corrected chi connectivity index (χ0v) is 16.9. The minimum atomic E-state index is -0.0627. The van der Waals surface area contributed by atoms with Crippen molar-refractivity contribution >= 4 is 28.9 Å². The first kappa shape index (κ1) is 20.7. The summed E-state index contributed by atoms with van der Waals surface area (Å²) >= 11 is 0. The van der Waals surface area contributed by atoms with Gasteiger partial charge < -0.3 is 10.2 Å². The molecule has 1 heterocycles. The van der Waals surface area contributed by atoms with Crippen LogP contribution in [0.15, 0.2) is 64.8 Å². The molecule has 1 fully saturated rings. The summed E-state index contributed by atoms with van der Waals surface area (Å²) < 4.78 is 0. The minimum absolute atomic E-state index is 0.0139. The average molecular weight is 393 g/mol. The van der Waals surface area contributed by atoms with Crippen molar-refractivity contribution in [2.24, 2.45) is 16.1 Å². The molecule has 0 bridgehead atoms. The van der Waals surface area contributed by atoms with E-state index in [1.165, 1.54) is 0 Å². The molecule has 2 aromatic carbocycles. The Morgan fingerprint density at radius 3 is 2.07 bits per heavy atom. The second-order valence-corrected chi connectivity index (χ2v) is 7.39. The van der Waals surface area contributed by atoms with Gasteiger partial charge in [0.1, 0.15) is 0 Å². The van der Waals surface area contributed by atoms with Gasteiger partial charge in [0.25, 0.3) is 0 Å². The third-order valence-corrected chi connectivity index (χ3v) is 4.73. The number of hydrogen-bond donors (Lipinski definition) is 1. The number of hydrogen-bond acceptors (Lipinski definition) is 5. The van der Waals surface area contributed by atoms with Gasteiger partial charge in [-0.05, 0) is 36.4 Å². The monoisotopic (exact) mass is 393 g/mol. The highest BCUT2D eigenvalue weighted by atomic mass is 16.2. The number of piperazine rings is 1. The predicted octanol–water partition coefficient (Wildman–Crippen LogP) is 3.84. The number of rotatable bonds is 6. The third kappa shape index (κ3) is 6.22. The lowest BCUT2D eigenvalue weighted by Crippen LogP contribution is -2.51. The lowest BCUT2D eigenvalue weighted by molar-refractivity contribution is -0.136. The largest absolute Gasteiger partial charge is 0.340 e. The first-order valence-corrected chi connectivity index (χ1v) is 9.89. The van der Waals surface area contributed by atoms with Crippen LogP contribution in [0.4, 0.5) is 17.1 Å². The SMILES string of the molecule is CC(C)C(=O)N1CCN(CC(=O)Nc2ccc(N=Nc3ccccc3)cc2)CC1. The number of nitrogens with zero attached hydrogens (tertiary/aromatic N) is 4. The van der Waals surface area contributed by atoms with E-state index in [0.29, 0.717) is 32.7 Å². The fraction of sp³-hybridized carbons (Fsp3) is 0.364. The Hall–Kier alpha value is -3.06. The van der Waals surface area contributed by atoms with Crippen LogP contribution in [0.2, 0.25) is 0 Å². The fourth-order valence-corrected chi connectivity index (χ4v) is 3.12. The molecule has 29 heavy (non-hydrogen) atoms. The number of amides is 2. The zero-order valence-electron chi connectivity index (χ0n) is 16.9. The third-order valence-electron chi connectivity index (χ3n) is 4.73. The fourth-order valence-electron chi connectivity index (χ4n) is 3.12. The summed E-state index contributed by atoms with van der Waals surface area (Å²) in [5.74, 6) is 0.131. The van der Waals surface area contributed by atoms with Crippen LogP contribution in [-0.2, 0) is 9.59 Å². The number of anilines is 1. The second-order valence-electron chi connectivity index (χ2n) is 7.39. The highest BCUT2D eigenvalue weighted by Crippen LogP contribution is 2.20. The topological polar surface area (TPSA) is 77.4 Å². The van der Waals surface area contributed by atoms with Gasteiger partial charge in [0.15, 0.2) is 0 Å². The molecule has 3 rings (SSSR count). The van der Waals surface area contributed by atoms with Crippen molar-refractivity contribution in [2.45, 2.75) is 13.8 Å². The van der Waals surface area contributed by atoms with E-state index in [-0.39, 0.29) is 17.7 Å². The van der Waals surface area contributed by atoms with E-state index in [1.54, 1.807) is 0 Å². The second kappa shape index (κ2) is 9.93. The molecular formula is C22H27N5O2. The molecule has 0 spiro atoms. The Bertz CT molecular complexity index is 841. The van der Waals surface area contributed by atoms with Gasteiger partial charge in [-0.25, -0.2) is 0 Å². The van der Waals surface area contributed by atoms with E-state index in [2.05, 4.69) is 20.4 Å². The van der Waals surface area contributed by atoms with Gasteiger partial charge >= 0.3 is 0 Å². The van der Waals surface area contributed by atoms with E-state index in [1.807, 2.05) is 73.3 Å². The Morgan fingerprint density at radius 2 is 1.48 bits per heavy atom. The van der Waals surface area contributed by atoms with Gasteiger partial charge in [-0.2, -0.15) is 10.2 Å². The molecule has 1 aliphatic heterocycles. The van der Waals surface area contributed by atoms with Gasteiger partial charge in [-0.3, -0.25) is 14.5 Å². The molecule has 0 radical (unpaired) electrons. The Balaban J connectivity index is 1.45. The molecule has 0 unspecified atom stereocenters. The molecular weight excluding hydrogens is 366 g/mol. The van der Waals surface area contributed by atoms with Crippen molar-refractivity contribution in [1.29, 1.82) is 0 Å². The normalized spacial score (nSPS) is 15.1. The molecule has 1 aliphatic rings. The van der Waals surface area contributed by atoms with E-state index >= 15 is 0 Å². The van der Waals surface area contributed by atoms with E-state index < -0.39 is 0 Å². The van der Waals surface area contributed by atoms with E-state index in [9.17, 15) is 9.59 Å². The quantitative estimate of drug-likeness (QED) is 0.758. The highest BCUT2D eigenvalue weighted by molar-refractivity contribution is 5.92. The van der Waals surface area contributed by atoms with Crippen LogP contribution in [0.1, 0.15) is 13.8 Å². The number of benzene rings is 2. The highest BCUT2D eigenvalue weighted by Gasteiger charge is 2.23. The first-order valence-electron chi connectivity index (χ1n) is 9.89. The molecule has 0 saturated carbocycles. The van der Waals surface area contributed by atoms with Crippen molar-refractivity contribution < 1.29 is 9.59 Å². The van der Waals surface area contributed by atoms with Crippen LogP contribution in [0.25, 0.3) is 0 Å². The summed E-state index contributed by atoms with van der Waals surface area (Å²) in [6.07, 6.45) is 0. The van der Waals surface area contributed by atoms with Crippen LogP contribution < -0.4 is 5.32 Å². The zero-order chi connectivity index (χ0) is 20.6. The molecule has 2 aromatic rings. The summed E-state index contributed by atoms with van der Waals surface area (Å²) in [4.78, 5) is 28.3. The Kier molecular flexibility index (Phi) is 7.08. The first-order chi connectivity index (χ1) is 14.0. The lowest BCUT2D eigenvalue weighted by atomic mass is 10.1. The van der Waals surface area contributed by atoms with Crippen LogP contribution in [0.5, 0.6) is 0 Å². The van der Waals surface area contributed by atoms with Gasteiger partial charge in [0, 0.05) is 37.8 Å². The molecule has 0 aromatic heterocycles. The summed E-state index contributed by atoms with van der Waals surface area (Å²) in [6, 6.07) is 16.8. The number of nitrogens with one attached hydrogen (secondary N) is 1. The van der Waals surface area contributed by atoms with Gasteiger partial charge in [-0.15, -0.1) is 0 Å². The Labute approximate surface area is 171 Å². The molecule has 7 heteroatoms. The van der Waals surface area contributed by atoms with E-state index in [4.69, 9.17) is 0 Å². The number of carbonyl (C=O) groups is 2. The van der Waals surface area contributed by atoms with Crippen molar-refractivity contribution in [1.82, 2.24) is 9.80 Å². The van der Waals surface area contributed by atoms with E-state index in [0.717, 1.165) is 17.1 Å². The summed E-state index contributed by atoms with van der Waals surface area (Å²) in [5.41, 5.74) is 2.24. The molecule has 1 N–H and O–H groups in total. The Morgan fingerprint density at radius 1 is 0.897 bits per heavy atom. The number of carbonyl (C=O) groups excluding carboxylic acids is 2. The molecule has 1 saturated heterocycles. The van der Waals surface area contributed by atoms with Crippen molar-refractivity contribution in [3.63, 3.8) is 0 Å². The molecule has 7 nitrogen and oxygen atoms in total. The van der Waals surface area contributed by atoms with Crippen LogP contribution in [0, 0.1) is 5.92 Å². The average Bonchev–Trinajstić information content (AvgIpc) is 2.74. The molecule has 2 amide bonds. The summed E-state index contributed by atoms with van der Waals surface area (Å²) in [5, 5.41) is 11.3. The molecule has 0 aliphatic carbocycles. The smallest absolute Gasteiger partial charge is 0.238 e. The summed E-state index contributed by atoms with van der Waals surface area (Å²) in [7, 11) is 0. The predicted molar refractivity (Wildman–Crippen MR) is 114 cm³/mol. The van der Waals surface area contributed by atoms with Crippen LogP contribution in [-0.4, -0.2) is 54.3 Å². The van der Waals surface area contributed by atoms with Crippen LogP contribution in [0.3, 0.4) is 0 Å². The molecule has 152 valence electrons. The maximum absolute atomic E-state index is 12.3. The van der Waals surface area contributed by atoms with Gasteiger partial charge in [-0.1, -0.05) is 32.0 Å². The maximum atomic E-state index is 12.3. The lowest BCUT2D eigenvalue weighted by Gasteiger charge is -2.35. The number of azo groups is 1. The molecule has 0 atom stereocenters. The minimum Gasteiger partial charge on any atom is -0.340 e. The van der Waals surface area contributed by atoms with Gasteiger partial charge in [0.2, 0.25) is 11.8 Å². The standard InChI is InChI=1S/C22H27N5O2/c1-17(2)22(29)27-14-12-26(13-15-27)16-21(28)23-18-8-10-20(11-9-18)25-24-19-6-4-3-5-7-19/h3-11,17H,12-16H2,1-2H3,(H,23,28). The van der Waals surface area contributed by atoms with Gasteiger partial charge in [0.05, 0.1) is 17.9 Å². The van der Waals surface area contributed by atoms with Crippen molar-refractivity contribution in [3.8, 4) is 0 Å². The van der Waals surface area contributed by atoms with Crippen molar-refractivity contribution in [3.05, 3.63) is 54.6 Å². The van der Waals surface area contributed by atoms with Crippen LogP contribution >= 0.6 is 0 Å².